The minimum absolute atomic E-state index is 0.569. The van der Waals surface area contributed by atoms with Crippen molar-refractivity contribution in [2.45, 2.75) is 20.1 Å². The van der Waals surface area contributed by atoms with Gasteiger partial charge in [-0.3, -0.25) is 0 Å². The van der Waals surface area contributed by atoms with Crippen LogP contribution in [-0.2, 0) is 22.7 Å². The third kappa shape index (κ3) is 13.5. The van der Waals surface area contributed by atoms with Gasteiger partial charge in [0.1, 0.15) is 31.3 Å². The SMILES string of the molecule is C/C=C/OC/C=C/c1cccc(OCc2ccccc2)c1.C=CCOC/C=C/c1cccc(OCc2ccccc2)c1. The van der Waals surface area contributed by atoms with E-state index in [1.54, 1.807) is 12.3 Å². The summed E-state index contributed by atoms with van der Waals surface area (Å²) >= 11 is 0. The zero-order chi connectivity index (χ0) is 29.5. The topological polar surface area (TPSA) is 36.9 Å². The van der Waals surface area contributed by atoms with Crippen molar-refractivity contribution in [2.24, 2.45) is 0 Å². The summed E-state index contributed by atoms with van der Waals surface area (Å²) in [6, 6.07) is 36.3. The lowest BCUT2D eigenvalue weighted by atomic mass is 10.2. The molecule has 0 heterocycles. The van der Waals surface area contributed by atoms with Gasteiger partial charge in [0.05, 0.1) is 19.5 Å². The minimum Gasteiger partial charge on any atom is -0.497 e. The Morgan fingerprint density at radius 3 is 1.62 bits per heavy atom. The molecule has 4 aromatic rings. The number of hydrogen-bond acceptors (Lipinski definition) is 4. The van der Waals surface area contributed by atoms with Crippen LogP contribution in [0.1, 0.15) is 29.2 Å². The third-order valence-electron chi connectivity index (χ3n) is 5.71. The summed E-state index contributed by atoms with van der Waals surface area (Å²) in [6.07, 6.45) is 13.3. The molecule has 4 rings (SSSR count). The Morgan fingerprint density at radius 1 is 0.595 bits per heavy atom. The monoisotopic (exact) mass is 560 g/mol. The van der Waals surface area contributed by atoms with Crippen molar-refractivity contribution in [3.8, 4) is 11.5 Å². The van der Waals surface area contributed by atoms with E-state index in [4.69, 9.17) is 18.9 Å². The van der Waals surface area contributed by atoms with Crippen LogP contribution in [0.5, 0.6) is 11.5 Å². The first kappa shape index (κ1) is 31.7. The molecule has 0 saturated carbocycles. The summed E-state index contributed by atoms with van der Waals surface area (Å²) in [5.74, 6) is 1.74. The summed E-state index contributed by atoms with van der Waals surface area (Å²) in [7, 11) is 0. The first-order valence-corrected chi connectivity index (χ1v) is 14.0. The van der Waals surface area contributed by atoms with E-state index in [9.17, 15) is 0 Å². The number of allylic oxidation sites excluding steroid dienone is 1. The molecule has 216 valence electrons. The summed E-state index contributed by atoms with van der Waals surface area (Å²) < 4.78 is 22.1. The lowest BCUT2D eigenvalue weighted by Gasteiger charge is -2.06. The van der Waals surface area contributed by atoms with E-state index in [-0.39, 0.29) is 0 Å². The molecular formula is C38H40O4. The Balaban J connectivity index is 0.000000230. The Labute approximate surface area is 250 Å². The van der Waals surface area contributed by atoms with Crippen LogP contribution >= 0.6 is 0 Å². The molecule has 0 spiro atoms. The van der Waals surface area contributed by atoms with E-state index in [0.717, 1.165) is 33.8 Å². The van der Waals surface area contributed by atoms with Crippen LogP contribution in [0.15, 0.2) is 146 Å². The Bertz CT molecular complexity index is 1370. The van der Waals surface area contributed by atoms with Gasteiger partial charge in [0.2, 0.25) is 0 Å². The van der Waals surface area contributed by atoms with Gasteiger partial charge < -0.3 is 18.9 Å². The first-order valence-electron chi connectivity index (χ1n) is 14.0. The number of hydrogen-bond donors (Lipinski definition) is 0. The maximum Gasteiger partial charge on any atom is 0.120 e. The second kappa shape index (κ2) is 20.1. The Hall–Kier alpha value is -4.80. The normalized spacial score (nSPS) is 10.9. The van der Waals surface area contributed by atoms with Crippen LogP contribution in [0.2, 0.25) is 0 Å². The maximum atomic E-state index is 5.80. The lowest BCUT2D eigenvalue weighted by Crippen LogP contribution is -1.95. The fraction of sp³-hybridized carbons (Fsp3) is 0.158. The van der Waals surface area contributed by atoms with Crippen molar-refractivity contribution < 1.29 is 18.9 Å². The molecule has 4 aromatic carbocycles. The van der Waals surface area contributed by atoms with Crippen molar-refractivity contribution >= 4 is 12.2 Å². The van der Waals surface area contributed by atoms with Crippen LogP contribution < -0.4 is 9.47 Å². The Kier molecular flexibility index (Phi) is 15.2. The second-order valence-corrected chi connectivity index (χ2v) is 9.13. The highest BCUT2D eigenvalue weighted by atomic mass is 16.5. The highest BCUT2D eigenvalue weighted by molar-refractivity contribution is 5.52. The molecule has 0 amide bonds. The molecular weight excluding hydrogens is 520 g/mol. The quantitative estimate of drug-likeness (QED) is 0.0825. The van der Waals surface area contributed by atoms with E-state index >= 15 is 0 Å². The summed E-state index contributed by atoms with van der Waals surface area (Å²) in [5.41, 5.74) is 4.53. The molecule has 0 bridgehead atoms. The van der Waals surface area contributed by atoms with E-state index in [1.165, 1.54) is 0 Å². The molecule has 0 aliphatic carbocycles. The van der Waals surface area contributed by atoms with E-state index in [2.05, 4.69) is 30.8 Å². The third-order valence-corrected chi connectivity index (χ3v) is 5.71. The molecule has 0 aromatic heterocycles. The Morgan fingerprint density at radius 2 is 1.12 bits per heavy atom. The zero-order valence-corrected chi connectivity index (χ0v) is 24.3. The van der Waals surface area contributed by atoms with Gasteiger partial charge in [-0.2, -0.15) is 0 Å². The van der Waals surface area contributed by atoms with Gasteiger partial charge in [-0.15, -0.1) is 6.58 Å². The number of rotatable bonds is 15. The van der Waals surface area contributed by atoms with E-state index in [0.29, 0.717) is 33.0 Å². The lowest BCUT2D eigenvalue weighted by molar-refractivity contribution is 0.194. The first-order chi connectivity index (χ1) is 20.8. The highest BCUT2D eigenvalue weighted by Crippen LogP contribution is 2.17. The largest absolute Gasteiger partial charge is 0.497 e. The average molecular weight is 561 g/mol. The van der Waals surface area contributed by atoms with Crippen LogP contribution in [0, 0.1) is 0 Å². The highest BCUT2D eigenvalue weighted by Gasteiger charge is 1.97. The minimum atomic E-state index is 0.569. The molecule has 0 aliphatic rings. The molecule has 0 N–H and O–H groups in total. The van der Waals surface area contributed by atoms with Gasteiger partial charge in [-0.25, -0.2) is 0 Å². The van der Waals surface area contributed by atoms with Gasteiger partial charge in [0.15, 0.2) is 0 Å². The van der Waals surface area contributed by atoms with Crippen molar-refractivity contribution in [1.82, 2.24) is 0 Å². The molecule has 0 saturated heterocycles. The fourth-order valence-corrected chi connectivity index (χ4v) is 3.69. The molecule has 0 aliphatic heterocycles. The van der Waals surface area contributed by atoms with Gasteiger partial charge in [0, 0.05) is 0 Å². The standard InChI is InChI=1S/2C19H20O2/c2*1-2-13-20-14-7-11-17-10-6-12-19(15-17)21-16-18-8-4-3-5-9-18/h2-13,15H,14,16H2,1H3;2-12,15H,1,13-14,16H2/b11-7+,13-2+;11-7+. The fourth-order valence-electron chi connectivity index (χ4n) is 3.69. The van der Waals surface area contributed by atoms with Crippen molar-refractivity contribution in [2.75, 3.05) is 19.8 Å². The van der Waals surface area contributed by atoms with Crippen molar-refractivity contribution in [3.63, 3.8) is 0 Å². The summed E-state index contributed by atoms with van der Waals surface area (Å²) in [5, 5.41) is 0. The second-order valence-electron chi connectivity index (χ2n) is 9.13. The predicted octanol–water partition coefficient (Wildman–Crippen LogP) is 9.31. The molecule has 4 heteroatoms. The average Bonchev–Trinajstić information content (AvgIpc) is 3.04. The van der Waals surface area contributed by atoms with E-state index in [1.807, 2.05) is 122 Å². The number of ether oxygens (including phenoxy) is 4. The van der Waals surface area contributed by atoms with Crippen molar-refractivity contribution in [3.05, 3.63) is 169 Å². The molecule has 0 fully saturated rings. The predicted molar refractivity (Wildman–Crippen MR) is 174 cm³/mol. The van der Waals surface area contributed by atoms with Crippen molar-refractivity contribution in [1.29, 1.82) is 0 Å². The van der Waals surface area contributed by atoms with Gasteiger partial charge >= 0.3 is 0 Å². The van der Waals surface area contributed by atoms with Gasteiger partial charge in [-0.05, 0) is 59.5 Å². The molecule has 4 nitrogen and oxygen atoms in total. The van der Waals surface area contributed by atoms with E-state index < -0.39 is 0 Å². The summed E-state index contributed by atoms with van der Waals surface area (Å²) in [6.45, 7) is 8.42. The molecule has 0 atom stereocenters. The van der Waals surface area contributed by atoms with Gasteiger partial charge in [-0.1, -0.05) is 115 Å². The van der Waals surface area contributed by atoms with Crippen LogP contribution in [-0.4, -0.2) is 19.8 Å². The number of benzene rings is 4. The molecule has 42 heavy (non-hydrogen) atoms. The van der Waals surface area contributed by atoms with Crippen LogP contribution in [0.25, 0.3) is 12.2 Å². The molecule has 0 unspecified atom stereocenters. The molecule has 0 radical (unpaired) electrons. The summed E-state index contributed by atoms with van der Waals surface area (Å²) in [4.78, 5) is 0. The van der Waals surface area contributed by atoms with Crippen LogP contribution in [0.4, 0.5) is 0 Å². The maximum absolute atomic E-state index is 5.80. The zero-order valence-electron chi connectivity index (χ0n) is 24.3. The van der Waals surface area contributed by atoms with Gasteiger partial charge in [0.25, 0.3) is 0 Å². The smallest absolute Gasteiger partial charge is 0.120 e. The van der Waals surface area contributed by atoms with Crippen LogP contribution in [0.3, 0.4) is 0 Å².